The minimum absolute atomic E-state index is 0.00409. The highest BCUT2D eigenvalue weighted by atomic mass is 16.6. The summed E-state index contributed by atoms with van der Waals surface area (Å²) in [6.07, 6.45) is 3.20. The van der Waals surface area contributed by atoms with E-state index in [4.69, 9.17) is 14.6 Å². The summed E-state index contributed by atoms with van der Waals surface area (Å²) in [6, 6.07) is 29.8. The quantitative estimate of drug-likeness (QED) is 0.0833. The van der Waals surface area contributed by atoms with Crippen LogP contribution in [-0.2, 0) is 14.3 Å². The number of anilines is 1. The number of hydrogen-bond donors (Lipinski definition) is 1. The number of rotatable bonds is 10. The summed E-state index contributed by atoms with van der Waals surface area (Å²) in [6.45, 7) is 1.71. The van der Waals surface area contributed by atoms with E-state index in [9.17, 15) is 19.7 Å². The molecule has 220 valence electrons. The Morgan fingerprint density at radius 1 is 0.955 bits per heavy atom. The number of carbonyl (C=O) groups is 2. The molecule has 0 aliphatic carbocycles. The maximum absolute atomic E-state index is 13.4. The molecular weight excluding hydrogens is 560 g/mol. The van der Waals surface area contributed by atoms with Gasteiger partial charge in [0, 0.05) is 35.0 Å². The molecule has 4 aromatic carbocycles. The number of nitro groups is 1. The Hall–Kier alpha value is -6.03. The summed E-state index contributed by atoms with van der Waals surface area (Å²) < 4.78 is 12.6. The third-order valence-electron chi connectivity index (χ3n) is 6.71. The van der Waals surface area contributed by atoms with E-state index in [1.54, 1.807) is 67.4 Å². The highest BCUT2D eigenvalue weighted by molar-refractivity contribution is 5.99. The molecule has 1 aromatic heterocycles. The van der Waals surface area contributed by atoms with E-state index in [0.717, 1.165) is 11.3 Å². The van der Waals surface area contributed by atoms with E-state index in [2.05, 4.69) is 5.32 Å². The number of esters is 1. The molecule has 1 amide bonds. The lowest BCUT2D eigenvalue weighted by Gasteiger charge is -2.17. The molecule has 44 heavy (non-hydrogen) atoms. The fraction of sp³-hybridized carbons (Fsp3) is 0.0882. The second kappa shape index (κ2) is 13.3. The third kappa shape index (κ3) is 6.88. The molecule has 1 N–H and O–H groups in total. The summed E-state index contributed by atoms with van der Waals surface area (Å²) >= 11 is 0. The van der Waals surface area contributed by atoms with E-state index in [0.29, 0.717) is 28.1 Å². The van der Waals surface area contributed by atoms with Gasteiger partial charge in [-0.25, -0.2) is 9.48 Å². The normalized spacial score (nSPS) is 11.6. The van der Waals surface area contributed by atoms with E-state index >= 15 is 0 Å². The highest BCUT2D eigenvalue weighted by Crippen LogP contribution is 2.29. The minimum atomic E-state index is -1.37. The van der Waals surface area contributed by atoms with Crippen LogP contribution in [-0.4, -0.2) is 33.7 Å². The maximum Gasteiger partial charge on any atom is 0.331 e. The van der Waals surface area contributed by atoms with Crippen LogP contribution in [0.3, 0.4) is 0 Å². The number of nitrogens with one attached hydrogen (secondary N) is 1. The molecule has 1 unspecified atom stereocenters. The van der Waals surface area contributed by atoms with Crippen molar-refractivity contribution in [2.45, 2.75) is 13.0 Å². The number of hydrogen-bond acceptors (Lipinski definition) is 7. The molecule has 0 fully saturated rings. The number of benzene rings is 4. The van der Waals surface area contributed by atoms with Crippen LogP contribution in [0.1, 0.15) is 22.8 Å². The molecule has 0 saturated carbocycles. The molecule has 0 aliphatic rings. The van der Waals surface area contributed by atoms with Gasteiger partial charge in [-0.15, -0.1) is 0 Å². The fourth-order valence-corrected chi connectivity index (χ4v) is 4.51. The zero-order chi connectivity index (χ0) is 31.1. The standard InChI is InChI=1S/C34H28N4O6/c1-23-13-19-29(30(21-23)38(41)42)35-34(40)33(25-9-5-3-6-10-25)44-31(39)20-16-26-22-37(27-11-7-4-8-12-27)36-32(26)24-14-17-28(43-2)18-15-24/h3-22,33H,1-2H3,(H,35,40)/b20-16+. The lowest BCUT2D eigenvalue weighted by Crippen LogP contribution is -2.25. The second-order valence-electron chi connectivity index (χ2n) is 9.77. The molecule has 10 nitrogen and oxygen atoms in total. The summed E-state index contributed by atoms with van der Waals surface area (Å²) in [5.41, 5.74) is 3.67. The van der Waals surface area contributed by atoms with Gasteiger partial charge < -0.3 is 14.8 Å². The van der Waals surface area contributed by atoms with Gasteiger partial charge in [-0.05, 0) is 61.0 Å². The molecule has 0 radical (unpaired) electrons. The Morgan fingerprint density at radius 3 is 2.30 bits per heavy atom. The SMILES string of the molecule is COc1ccc(-c2nn(-c3ccccc3)cc2/C=C/C(=O)OC(C(=O)Nc2ccc(C)cc2[N+](=O)[O-])c2ccccc2)cc1. The van der Waals surface area contributed by atoms with Gasteiger partial charge in [-0.3, -0.25) is 14.9 Å². The van der Waals surface area contributed by atoms with Crippen LogP contribution >= 0.6 is 0 Å². The van der Waals surface area contributed by atoms with Crippen LogP contribution in [0.4, 0.5) is 11.4 Å². The van der Waals surface area contributed by atoms with E-state index in [1.165, 1.54) is 18.2 Å². The monoisotopic (exact) mass is 588 g/mol. The van der Waals surface area contributed by atoms with Crippen LogP contribution in [0.25, 0.3) is 23.0 Å². The van der Waals surface area contributed by atoms with Gasteiger partial charge in [0.1, 0.15) is 11.4 Å². The number of nitrogens with zero attached hydrogens (tertiary/aromatic N) is 3. The van der Waals surface area contributed by atoms with Gasteiger partial charge in [0.2, 0.25) is 6.10 Å². The van der Waals surface area contributed by atoms with Crippen LogP contribution < -0.4 is 10.1 Å². The number of methoxy groups -OCH3 is 1. The summed E-state index contributed by atoms with van der Waals surface area (Å²) in [4.78, 5) is 37.5. The largest absolute Gasteiger partial charge is 0.497 e. The van der Waals surface area contributed by atoms with Crippen molar-refractivity contribution >= 4 is 29.3 Å². The average Bonchev–Trinajstić information content (AvgIpc) is 3.48. The smallest absolute Gasteiger partial charge is 0.331 e. The molecule has 5 aromatic rings. The number of carbonyl (C=O) groups excluding carboxylic acids is 2. The number of aromatic nitrogens is 2. The molecular formula is C34H28N4O6. The zero-order valence-electron chi connectivity index (χ0n) is 23.9. The van der Waals surface area contributed by atoms with E-state index in [1.807, 2.05) is 54.6 Å². The maximum atomic E-state index is 13.4. The molecule has 0 bridgehead atoms. The first-order chi connectivity index (χ1) is 21.3. The van der Waals surface area contributed by atoms with E-state index < -0.39 is 22.9 Å². The van der Waals surface area contributed by atoms with Crippen molar-refractivity contribution in [1.29, 1.82) is 0 Å². The van der Waals surface area contributed by atoms with Crippen LogP contribution in [0.2, 0.25) is 0 Å². The first kappa shape index (κ1) is 29.5. The summed E-state index contributed by atoms with van der Waals surface area (Å²) in [7, 11) is 1.59. The topological polar surface area (TPSA) is 126 Å². The Balaban J connectivity index is 1.43. The second-order valence-corrected chi connectivity index (χ2v) is 9.77. The van der Waals surface area contributed by atoms with Crippen molar-refractivity contribution < 1.29 is 24.0 Å². The predicted molar refractivity (Wildman–Crippen MR) is 166 cm³/mol. The average molecular weight is 589 g/mol. The lowest BCUT2D eigenvalue weighted by molar-refractivity contribution is -0.384. The predicted octanol–water partition coefficient (Wildman–Crippen LogP) is 6.70. The Labute approximate surface area is 253 Å². The van der Waals surface area contributed by atoms with Crippen molar-refractivity contribution in [1.82, 2.24) is 9.78 Å². The van der Waals surface area contributed by atoms with Crippen molar-refractivity contribution in [2.24, 2.45) is 0 Å². The molecule has 1 heterocycles. The Kier molecular flexibility index (Phi) is 8.91. The number of aryl methyl sites for hydroxylation is 1. The Bertz CT molecular complexity index is 1820. The molecule has 0 aliphatic heterocycles. The van der Waals surface area contributed by atoms with Crippen molar-refractivity contribution in [3.8, 4) is 22.7 Å². The van der Waals surface area contributed by atoms with Crippen LogP contribution in [0, 0.1) is 17.0 Å². The van der Waals surface area contributed by atoms with Gasteiger partial charge in [0.15, 0.2) is 0 Å². The van der Waals surface area contributed by atoms with Crippen LogP contribution in [0.5, 0.6) is 5.75 Å². The molecule has 0 spiro atoms. The first-order valence-corrected chi connectivity index (χ1v) is 13.6. The third-order valence-corrected chi connectivity index (χ3v) is 6.71. The summed E-state index contributed by atoms with van der Waals surface area (Å²) in [5.74, 6) is -0.834. The summed E-state index contributed by atoms with van der Waals surface area (Å²) in [5, 5.41) is 18.9. The minimum Gasteiger partial charge on any atom is -0.497 e. The van der Waals surface area contributed by atoms with Gasteiger partial charge in [0.05, 0.1) is 23.4 Å². The number of ether oxygens (including phenoxy) is 2. The molecule has 10 heteroatoms. The molecule has 0 saturated heterocycles. The Morgan fingerprint density at radius 2 is 1.64 bits per heavy atom. The first-order valence-electron chi connectivity index (χ1n) is 13.6. The number of para-hydroxylation sites is 1. The molecule has 1 atom stereocenters. The van der Waals surface area contributed by atoms with Gasteiger partial charge in [-0.2, -0.15) is 5.10 Å². The van der Waals surface area contributed by atoms with Gasteiger partial charge in [-0.1, -0.05) is 54.6 Å². The number of nitro benzene ring substituents is 1. The van der Waals surface area contributed by atoms with Crippen molar-refractivity contribution in [3.05, 3.63) is 142 Å². The lowest BCUT2D eigenvalue weighted by atomic mass is 10.1. The zero-order valence-corrected chi connectivity index (χ0v) is 23.9. The highest BCUT2D eigenvalue weighted by Gasteiger charge is 2.27. The van der Waals surface area contributed by atoms with Gasteiger partial charge in [0.25, 0.3) is 11.6 Å². The number of amides is 1. The van der Waals surface area contributed by atoms with Crippen LogP contribution in [0.15, 0.2) is 115 Å². The van der Waals surface area contributed by atoms with Gasteiger partial charge >= 0.3 is 5.97 Å². The van der Waals surface area contributed by atoms with Crippen molar-refractivity contribution in [2.75, 3.05) is 12.4 Å². The van der Waals surface area contributed by atoms with Crippen molar-refractivity contribution in [3.63, 3.8) is 0 Å². The van der Waals surface area contributed by atoms with E-state index in [-0.39, 0.29) is 11.4 Å². The molecule has 5 rings (SSSR count). The fourth-order valence-electron chi connectivity index (χ4n) is 4.51.